The molecule has 0 saturated heterocycles. The number of carbonyl (C=O) groups is 1. The third-order valence-corrected chi connectivity index (χ3v) is 2.59. The molecular formula is C14H24O2. The van der Waals surface area contributed by atoms with Crippen LogP contribution in [0.4, 0.5) is 0 Å². The van der Waals surface area contributed by atoms with E-state index in [1.54, 1.807) is 0 Å². The van der Waals surface area contributed by atoms with Crippen LogP contribution in [-0.4, -0.2) is 12.6 Å². The van der Waals surface area contributed by atoms with Crippen LogP contribution in [0.15, 0.2) is 23.3 Å². The van der Waals surface area contributed by atoms with Crippen molar-refractivity contribution in [3.05, 3.63) is 23.3 Å². The predicted octanol–water partition coefficient (Wildman–Crippen LogP) is 3.88. The van der Waals surface area contributed by atoms with Crippen molar-refractivity contribution in [3.8, 4) is 0 Å². The molecule has 0 amide bonds. The van der Waals surface area contributed by atoms with Gasteiger partial charge in [0.25, 0.3) is 6.47 Å². The molecular weight excluding hydrogens is 200 g/mol. The molecule has 0 radical (unpaired) electrons. The van der Waals surface area contributed by atoms with Crippen LogP contribution in [0.25, 0.3) is 0 Å². The second kappa shape index (κ2) is 8.14. The van der Waals surface area contributed by atoms with Crippen molar-refractivity contribution in [1.29, 1.82) is 0 Å². The second-order valence-electron chi connectivity index (χ2n) is 4.73. The average Bonchev–Trinajstić information content (AvgIpc) is 2.17. The van der Waals surface area contributed by atoms with Crippen molar-refractivity contribution in [3.63, 3.8) is 0 Å². The molecule has 0 aliphatic rings. The summed E-state index contributed by atoms with van der Waals surface area (Å²) in [5, 5.41) is 0. The molecule has 0 spiro atoms. The van der Waals surface area contributed by atoms with E-state index in [9.17, 15) is 4.79 Å². The molecule has 0 aliphatic carbocycles. The molecule has 92 valence electrons. The smallest absolute Gasteiger partial charge is 0.293 e. The summed E-state index contributed by atoms with van der Waals surface area (Å²) >= 11 is 0. The first kappa shape index (κ1) is 14.9. The van der Waals surface area contributed by atoms with Gasteiger partial charge in [-0.2, -0.15) is 0 Å². The maximum Gasteiger partial charge on any atom is 0.293 e. The maximum atomic E-state index is 10.3. The number of hydrogen-bond acceptors (Lipinski definition) is 2. The van der Waals surface area contributed by atoms with E-state index in [4.69, 9.17) is 4.74 Å². The number of ether oxygens (including phenoxy) is 1. The van der Waals surface area contributed by atoms with Crippen molar-refractivity contribution in [2.24, 2.45) is 5.92 Å². The Hall–Kier alpha value is -1.05. The molecule has 0 heterocycles. The van der Waals surface area contributed by atoms with Crippen molar-refractivity contribution in [2.45, 2.75) is 53.6 Å². The average molecular weight is 224 g/mol. The van der Waals surface area contributed by atoms with E-state index < -0.39 is 0 Å². The van der Waals surface area contributed by atoms with E-state index in [0.717, 1.165) is 12.8 Å². The van der Waals surface area contributed by atoms with E-state index >= 15 is 0 Å². The minimum absolute atomic E-state index is 0.0244. The van der Waals surface area contributed by atoms with Crippen LogP contribution in [0.2, 0.25) is 0 Å². The molecule has 0 aromatic carbocycles. The summed E-state index contributed by atoms with van der Waals surface area (Å²) in [6.07, 6.45) is 6.30. The maximum absolute atomic E-state index is 10.3. The van der Waals surface area contributed by atoms with Crippen LogP contribution < -0.4 is 0 Å². The van der Waals surface area contributed by atoms with E-state index in [-0.39, 0.29) is 6.10 Å². The predicted molar refractivity (Wildman–Crippen MR) is 68.2 cm³/mol. The molecule has 0 aromatic heterocycles. The van der Waals surface area contributed by atoms with Gasteiger partial charge in [0.2, 0.25) is 0 Å². The normalized spacial score (nSPS) is 11.9. The lowest BCUT2D eigenvalue weighted by Gasteiger charge is -2.20. The Balaban J connectivity index is 4.43. The molecule has 0 bridgehead atoms. The highest BCUT2D eigenvalue weighted by Crippen LogP contribution is 2.19. The quantitative estimate of drug-likeness (QED) is 0.484. The highest BCUT2D eigenvalue weighted by atomic mass is 16.5. The molecule has 0 rings (SSSR count). The largest absolute Gasteiger partial charge is 0.465 e. The summed E-state index contributed by atoms with van der Waals surface area (Å²) in [7, 11) is 0. The molecule has 0 unspecified atom stereocenters. The Morgan fingerprint density at radius 1 is 1.06 bits per heavy atom. The molecule has 2 heteroatoms. The number of rotatable bonds is 7. The Morgan fingerprint density at radius 3 is 1.81 bits per heavy atom. The Bertz CT molecular complexity index is 236. The van der Waals surface area contributed by atoms with Gasteiger partial charge in [0.05, 0.1) is 0 Å². The minimum Gasteiger partial charge on any atom is -0.465 e. The van der Waals surface area contributed by atoms with E-state index in [1.807, 2.05) is 6.92 Å². The van der Waals surface area contributed by atoms with Crippen molar-refractivity contribution < 1.29 is 9.53 Å². The fraction of sp³-hybridized carbons (Fsp3) is 0.643. The zero-order valence-corrected chi connectivity index (χ0v) is 11.1. The summed E-state index contributed by atoms with van der Waals surface area (Å²) in [4.78, 5) is 10.3. The lowest BCUT2D eigenvalue weighted by Crippen LogP contribution is -2.19. The highest BCUT2D eigenvalue weighted by molar-refractivity contribution is 5.37. The summed E-state index contributed by atoms with van der Waals surface area (Å²) in [6.45, 7) is 10.8. The lowest BCUT2D eigenvalue weighted by molar-refractivity contribution is -0.135. The second-order valence-corrected chi connectivity index (χ2v) is 4.73. The van der Waals surface area contributed by atoms with Gasteiger partial charge in [-0.05, 0) is 47.5 Å². The standard InChI is InChI=1S/C14H24O2/c1-11(2)6-8-14(9-7-12(3)4)13(5)16-10-15/h6-7,10,13-14H,8-9H2,1-5H3/t13-/m1/s1. The minimum atomic E-state index is -0.0244. The Labute approximate surface area is 99.4 Å². The van der Waals surface area contributed by atoms with Crippen LogP contribution in [0, 0.1) is 5.92 Å². The van der Waals surface area contributed by atoms with E-state index in [1.165, 1.54) is 11.1 Å². The molecule has 0 aliphatic heterocycles. The summed E-state index contributed by atoms with van der Waals surface area (Å²) in [5.41, 5.74) is 2.61. The number of allylic oxidation sites excluding steroid dienone is 4. The lowest BCUT2D eigenvalue weighted by atomic mass is 9.94. The SMILES string of the molecule is CC(C)=CCC(CC=C(C)C)[C@@H](C)OC=O. The fourth-order valence-corrected chi connectivity index (χ4v) is 1.45. The Kier molecular flexibility index (Phi) is 7.61. The van der Waals surface area contributed by atoms with E-state index in [2.05, 4.69) is 39.8 Å². The van der Waals surface area contributed by atoms with Gasteiger partial charge in [-0.3, -0.25) is 4.79 Å². The molecule has 0 saturated carbocycles. The van der Waals surface area contributed by atoms with Gasteiger partial charge >= 0.3 is 0 Å². The third kappa shape index (κ3) is 7.27. The Morgan fingerprint density at radius 2 is 1.50 bits per heavy atom. The van der Waals surface area contributed by atoms with Crippen LogP contribution >= 0.6 is 0 Å². The monoisotopic (exact) mass is 224 g/mol. The molecule has 1 atom stereocenters. The van der Waals surface area contributed by atoms with Gasteiger partial charge < -0.3 is 4.74 Å². The molecule has 0 N–H and O–H groups in total. The zero-order chi connectivity index (χ0) is 12.6. The number of hydrogen-bond donors (Lipinski definition) is 0. The summed E-state index contributed by atoms with van der Waals surface area (Å²) in [6, 6.07) is 0. The summed E-state index contributed by atoms with van der Waals surface area (Å²) < 4.78 is 5.03. The molecule has 16 heavy (non-hydrogen) atoms. The molecule has 0 fully saturated rings. The first-order chi connectivity index (χ1) is 7.47. The zero-order valence-electron chi connectivity index (χ0n) is 11.1. The van der Waals surface area contributed by atoms with Gasteiger partial charge in [-0.15, -0.1) is 0 Å². The first-order valence-electron chi connectivity index (χ1n) is 5.83. The highest BCUT2D eigenvalue weighted by Gasteiger charge is 2.15. The van der Waals surface area contributed by atoms with Crippen LogP contribution in [0.1, 0.15) is 47.5 Å². The van der Waals surface area contributed by atoms with Crippen molar-refractivity contribution >= 4 is 6.47 Å². The van der Waals surface area contributed by atoms with Crippen LogP contribution in [-0.2, 0) is 9.53 Å². The van der Waals surface area contributed by atoms with Gasteiger partial charge in [0.1, 0.15) is 6.10 Å². The topological polar surface area (TPSA) is 26.3 Å². The van der Waals surface area contributed by atoms with Gasteiger partial charge in [0, 0.05) is 5.92 Å². The van der Waals surface area contributed by atoms with E-state index in [0.29, 0.717) is 12.4 Å². The van der Waals surface area contributed by atoms with Gasteiger partial charge in [-0.1, -0.05) is 23.3 Å². The summed E-state index contributed by atoms with van der Waals surface area (Å²) in [5.74, 6) is 0.370. The molecule has 2 nitrogen and oxygen atoms in total. The number of carbonyl (C=O) groups excluding carboxylic acids is 1. The van der Waals surface area contributed by atoms with Crippen molar-refractivity contribution in [2.75, 3.05) is 0 Å². The van der Waals surface area contributed by atoms with Crippen molar-refractivity contribution in [1.82, 2.24) is 0 Å². The third-order valence-electron chi connectivity index (χ3n) is 2.59. The van der Waals surface area contributed by atoms with Gasteiger partial charge in [0.15, 0.2) is 0 Å². The van der Waals surface area contributed by atoms with Crippen LogP contribution in [0.3, 0.4) is 0 Å². The fourth-order valence-electron chi connectivity index (χ4n) is 1.45. The van der Waals surface area contributed by atoms with Gasteiger partial charge in [-0.25, -0.2) is 0 Å². The van der Waals surface area contributed by atoms with Crippen LogP contribution in [0.5, 0.6) is 0 Å². The first-order valence-corrected chi connectivity index (χ1v) is 5.83. The molecule has 0 aromatic rings.